The molecule has 0 aliphatic carbocycles. The maximum atomic E-state index is 12.7. The summed E-state index contributed by atoms with van der Waals surface area (Å²) in [5.41, 5.74) is 0.0593. The summed E-state index contributed by atoms with van der Waals surface area (Å²) in [6, 6.07) is 10.1. The zero-order chi connectivity index (χ0) is 22.6. The summed E-state index contributed by atoms with van der Waals surface area (Å²) in [4.78, 5) is 14.0. The van der Waals surface area contributed by atoms with Gasteiger partial charge >= 0.3 is 6.18 Å². The predicted molar refractivity (Wildman–Crippen MR) is 108 cm³/mol. The van der Waals surface area contributed by atoms with Crippen molar-refractivity contribution in [3.63, 3.8) is 0 Å². The van der Waals surface area contributed by atoms with E-state index < -0.39 is 21.8 Å². The summed E-state index contributed by atoms with van der Waals surface area (Å²) < 4.78 is 70.7. The van der Waals surface area contributed by atoms with Crippen LogP contribution in [0.2, 0.25) is 0 Å². The number of hydrogen-bond donors (Lipinski definition) is 1. The van der Waals surface area contributed by atoms with E-state index in [-0.39, 0.29) is 35.6 Å². The Morgan fingerprint density at radius 1 is 1.13 bits per heavy atom. The van der Waals surface area contributed by atoms with Crippen LogP contribution in [-0.2, 0) is 27.5 Å². The van der Waals surface area contributed by atoms with Crippen LogP contribution in [0.5, 0.6) is 0 Å². The second kappa shape index (κ2) is 9.37. The molecule has 0 saturated carbocycles. The van der Waals surface area contributed by atoms with Gasteiger partial charge in [0.15, 0.2) is 0 Å². The molecule has 1 atom stereocenters. The van der Waals surface area contributed by atoms with Crippen LogP contribution >= 0.6 is 0 Å². The van der Waals surface area contributed by atoms with Crippen LogP contribution in [0.15, 0.2) is 53.4 Å². The first-order valence-electron chi connectivity index (χ1n) is 9.69. The van der Waals surface area contributed by atoms with E-state index in [0.717, 1.165) is 25.0 Å². The van der Waals surface area contributed by atoms with Gasteiger partial charge < -0.3 is 9.64 Å². The Balaban J connectivity index is 1.61. The number of rotatable bonds is 7. The normalized spacial score (nSPS) is 17.0. The highest BCUT2D eigenvalue weighted by atomic mass is 32.2. The second-order valence-corrected chi connectivity index (χ2v) is 9.13. The van der Waals surface area contributed by atoms with Gasteiger partial charge in [-0.1, -0.05) is 12.1 Å². The lowest BCUT2D eigenvalue weighted by Gasteiger charge is -2.18. The molecule has 31 heavy (non-hydrogen) atoms. The van der Waals surface area contributed by atoms with Gasteiger partial charge in [0.25, 0.3) is 5.91 Å². The van der Waals surface area contributed by atoms with Gasteiger partial charge in [0.05, 0.1) is 16.6 Å². The third-order valence-corrected chi connectivity index (χ3v) is 6.42. The number of nitrogens with one attached hydrogen (secondary N) is 1. The number of benzene rings is 2. The molecule has 1 aliphatic heterocycles. The maximum absolute atomic E-state index is 12.7. The number of alkyl halides is 3. The Morgan fingerprint density at radius 3 is 2.32 bits per heavy atom. The lowest BCUT2D eigenvalue weighted by molar-refractivity contribution is -0.137. The molecule has 1 aliphatic rings. The third-order valence-electron chi connectivity index (χ3n) is 4.98. The topological polar surface area (TPSA) is 75.7 Å². The molecule has 0 aromatic heterocycles. The van der Waals surface area contributed by atoms with Crippen LogP contribution in [0.3, 0.4) is 0 Å². The molecular weight excluding hydrogens is 433 g/mol. The molecule has 2 aromatic carbocycles. The van der Waals surface area contributed by atoms with E-state index in [1.807, 2.05) is 0 Å². The summed E-state index contributed by atoms with van der Waals surface area (Å²) in [6.45, 7) is 0.933. The van der Waals surface area contributed by atoms with Crippen LogP contribution < -0.4 is 4.72 Å². The van der Waals surface area contributed by atoms with Gasteiger partial charge in [0.1, 0.15) is 0 Å². The monoisotopic (exact) mass is 456 g/mol. The van der Waals surface area contributed by atoms with E-state index in [2.05, 4.69) is 4.72 Å². The van der Waals surface area contributed by atoms with Crippen molar-refractivity contribution < 1.29 is 31.1 Å². The van der Waals surface area contributed by atoms with Crippen molar-refractivity contribution in [2.45, 2.75) is 36.6 Å². The molecule has 1 heterocycles. The van der Waals surface area contributed by atoms with E-state index >= 15 is 0 Å². The summed E-state index contributed by atoms with van der Waals surface area (Å²) in [6.07, 6.45) is -2.83. The first-order chi connectivity index (χ1) is 14.6. The maximum Gasteiger partial charge on any atom is 0.416 e. The number of sulfonamides is 1. The summed E-state index contributed by atoms with van der Waals surface area (Å²) in [7, 11) is -2.20. The summed E-state index contributed by atoms with van der Waals surface area (Å²) in [5, 5.41) is 0. The van der Waals surface area contributed by atoms with Crippen molar-refractivity contribution >= 4 is 15.9 Å². The first-order valence-corrected chi connectivity index (χ1v) is 11.2. The molecule has 0 radical (unpaired) electrons. The van der Waals surface area contributed by atoms with E-state index in [0.29, 0.717) is 12.2 Å². The van der Waals surface area contributed by atoms with Crippen LogP contribution in [-0.4, -0.2) is 45.5 Å². The zero-order valence-electron chi connectivity index (χ0n) is 16.9. The molecule has 1 unspecified atom stereocenters. The zero-order valence-corrected chi connectivity index (χ0v) is 17.7. The van der Waals surface area contributed by atoms with E-state index in [4.69, 9.17) is 4.74 Å². The van der Waals surface area contributed by atoms with Gasteiger partial charge in [-0.15, -0.1) is 0 Å². The van der Waals surface area contributed by atoms with Gasteiger partial charge in [-0.05, 0) is 54.8 Å². The lowest BCUT2D eigenvalue weighted by Crippen LogP contribution is -2.32. The van der Waals surface area contributed by atoms with E-state index in [9.17, 15) is 26.4 Å². The quantitative estimate of drug-likeness (QED) is 0.693. The van der Waals surface area contributed by atoms with Gasteiger partial charge in [-0.25, -0.2) is 13.1 Å². The van der Waals surface area contributed by atoms with Gasteiger partial charge in [0, 0.05) is 32.3 Å². The SMILES string of the molecule is CN(Cc1ccc(C(F)(F)F)cc1)C(=O)c1ccc(S(=O)(=O)NCC2CCCO2)cc1. The van der Waals surface area contributed by atoms with Crippen molar-refractivity contribution in [2.24, 2.45) is 0 Å². The molecule has 1 amide bonds. The van der Waals surface area contributed by atoms with Gasteiger partial charge in [0.2, 0.25) is 10.0 Å². The molecule has 10 heteroatoms. The van der Waals surface area contributed by atoms with Crippen molar-refractivity contribution in [3.05, 3.63) is 65.2 Å². The number of carbonyl (C=O) groups is 1. The molecule has 1 N–H and O–H groups in total. The summed E-state index contributed by atoms with van der Waals surface area (Å²) in [5.74, 6) is -0.379. The Labute approximate surface area is 179 Å². The molecular formula is C21H23F3N2O4S. The van der Waals surface area contributed by atoms with Crippen molar-refractivity contribution in [1.82, 2.24) is 9.62 Å². The van der Waals surface area contributed by atoms with Crippen LogP contribution in [0.4, 0.5) is 13.2 Å². The Kier molecular flexibility index (Phi) is 7.03. The molecule has 0 spiro atoms. The number of nitrogens with zero attached hydrogens (tertiary/aromatic N) is 1. The molecule has 2 aromatic rings. The Hall–Kier alpha value is -2.43. The first kappa shape index (κ1) is 23.2. The third kappa shape index (κ3) is 6.05. The smallest absolute Gasteiger partial charge is 0.377 e. The standard InChI is InChI=1S/C21H23F3N2O4S/c1-26(14-15-4-8-17(9-5-15)21(22,23)24)20(27)16-6-10-19(11-7-16)31(28,29)25-13-18-3-2-12-30-18/h4-11,18,25H,2-3,12-14H2,1H3. The second-order valence-electron chi connectivity index (χ2n) is 7.37. The number of carbonyl (C=O) groups excluding carboxylic acids is 1. The minimum absolute atomic E-state index is 0.0347. The average molecular weight is 456 g/mol. The van der Waals surface area contributed by atoms with E-state index in [1.165, 1.54) is 48.3 Å². The number of hydrogen-bond acceptors (Lipinski definition) is 4. The summed E-state index contributed by atoms with van der Waals surface area (Å²) >= 11 is 0. The Bertz CT molecular complexity index is 1000. The highest BCUT2D eigenvalue weighted by Crippen LogP contribution is 2.29. The largest absolute Gasteiger partial charge is 0.416 e. The fraction of sp³-hybridized carbons (Fsp3) is 0.381. The molecule has 0 bridgehead atoms. The average Bonchev–Trinajstić information content (AvgIpc) is 3.25. The fourth-order valence-corrected chi connectivity index (χ4v) is 4.30. The molecule has 168 valence electrons. The number of halogens is 3. The number of ether oxygens (including phenoxy) is 1. The molecule has 3 rings (SSSR count). The lowest BCUT2D eigenvalue weighted by atomic mass is 10.1. The van der Waals surface area contributed by atoms with Crippen LogP contribution in [0, 0.1) is 0 Å². The van der Waals surface area contributed by atoms with E-state index in [1.54, 1.807) is 0 Å². The highest BCUT2D eigenvalue weighted by molar-refractivity contribution is 7.89. The van der Waals surface area contributed by atoms with Gasteiger partial charge in [-0.2, -0.15) is 13.2 Å². The molecule has 1 fully saturated rings. The van der Waals surface area contributed by atoms with Crippen LogP contribution in [0.1, 0.15) is 34.3 Å². The van der Waals surface area contributed by atoms with Crippen molar-refractivity contribution in [3.8, 4) is 0 Å². The highest BCUT2D eigenvalue weighted by Gasteiger charge is 2.30. The minimum atomic E-state index is -4.42. The molecule has 1 saturated heterocycles. The predicted octanol–water partition coefficient (Wildman–Crippen LogP) is 3.43. The minimum Gasteiger partial charge on any atom is -0.377 e. The number of amides is 1. The Morgan fingerprint density at radius 2 is 1.77 bits per heavy atom. The van der Waals surface area contributed by atoms with Crippen molar-refractivity contribution in [1.29, 1.82) is 0 Å². The molecule has 6 nitrogen and oxygen atoms in total. The van der Waals surface area contributed by atoms with Crippen molar-refractivity contribution in [2.75, 3.05) is 20.2 Å². The van der Waals surface area contributed by atoms with Gasteiger partial charge in [-0.3, -0.25) is 4.79 Å². The van der Waals surface area contributed by atoms with Crippen LogP contribution in [0.25, 0.3) is 0 Å². The fourth-order valence-electron chi connectivity index (χ4n) is 3.23.